The lowest BCUT2D eigenvalue weighted by Crippen LogP contribution is -2.26. The van der Waals surface area contributed by atoms with Crippen molar-refractivity contribution in [3.8, 4) is 23.0 Å². The molecule has 1 aromatic heterocycles. The van der Waals surface area contributed by atoms with Crippen LogP contribution in [0.2, 0.25) is 0 Å². The second-order valence-corrected chi connectivity index (χ2v) is 11.9. The molecule has 6 rings (SSSR count). The number of rotatable bonds is 9. The van der Waals surface area contributed by atoms with Crippen molar-refractivity contribution < 1.29 is 28.2 Å². The summed E-state index contributed by atoms with van der Waals surface area (Å²) in [5.41, 5.74) is 1.30. The lowest BCUT2D eigenvalue weighted by atomic mass is 9.97. The van der Waals surface area contributed by atoms with Crippen molar-refractivity contribution in [2.24, 2.45) is 5.92 Å². The first-order chi connectivity index (χ1) is 19.3. The molecule has 0 unspecified atom stereocenters. The van der Waals surface area contributed by atoms with E-state index in [1.165, 1.54) is 43.5 Å². The molecule has 0 spiro atoms. The molecule has 0 radical (unpaired) electrons. The number of benzene rings is 3. The maximum atomic E-state index is 14.9. The third-order valence-electron chi connectivity index (χ3n) is 7.79. The largest absolute Gasteiger partial charge is 0.505 e. The molecule has 2 fully saturated rings. The van der Waals surface area contributed by atoms with Gasteiger partial charge in [0.15, 0.2) is 17.3 Å². The summed E-state index contributed by atoms with van der Waals surface area (Å²) in [6, 6.07) is 12.6. The fraction of sp³-hybridized carbons (Fsp3) is 0.344. The number of halogens is 2. The molecule has 3 aromatic carbocycles. The molecule has 1 N–H and O–H groups in total. The van der Waals surface area contributed by atoms with Crippen LogP contribution in [0.25, 0.3) is 10.1 Å². The molecule has 208 valence electrons. The molecule has 1 aliphatic heterocycles. The first-order valence-electron chi connectivity index (χ1n) is 13.7. The minimum Gasteiger partial charge on any atom is -0.505 e. The van der Waals surface area contributed by atoms with E-state index in [1.54, 1.807) is 26.0 Å². The van der Waals surface area contributed by atoms with Gasteiger partial charge in [-0.05, 0) is 98.8 Å². The molecule has 4 aromatic rings. The van der Waals surface area contributed by atoms with Crippen molar-refractivity contribution in [2.75, 3.05) is 19.6 Å². The van der Waals surface area contributed by atoms with Gasteiger partial charge >= 0.3 is 0 Å². The Kier molecular flexibility index (Phi) is 7.23. The maximum absolute atomic E-state index is 14.9. The number of carbonyl (C=O) groups is 1. The van der Waals surface area contributed by atoms with Crippen molar-refractivity contribution in [2.45, 2.75) is 45.6 Å². The lowest BCUT2D eigenvalue weighted by molar-refractivity contribution is 0.103. The third kappa shape index (κ3) is 5.43. The summed E-state index contributed by atoms with van der Waals surface area (Å²) in [6.07, 6.45) is 5.18. The number of hydrogen-bond donors (Lipinski definition) is 1. The van der Waals surface area contributed by atoms with Gasteiger partial charge in [-0.3, -0.25) is 9.69 Å². The SMILES string of the molecule is Cc1cc(F)cc(C)c1C(=O)c1sc2c(F)c(O)ccc2c1Oc1ccc(O[C@H]2CCN(CCC3CC3)C2)cc1. The number of hydrogen-bond acceptors (Lipinski definition) is 6. The van der Waals surface area contributed by atoms with Gasteiger partial charge in [0.05, 0.1) is 4.70 Å². The van der Waals surface area contributed by atoms with E-state index in [0.717, 1.165) is 49.1 Å². The normalized spacial score (nSPS) is 17.4. The summed E-state index contributed by atoms with van der Waals surface area (Å²) >= 11 is 0.910. The zero-order valence-electron chi connectivity index (χ0n) is 22.5. The Morgan fingerprint density at radius 2 is 1.73 bits per heavy atom. The number of carbonyl (C=O) groups excluding carboxylic acids is 1. The van der Waals surface area contributed by atoms with E-state index in [4.69, 9.17) is 9.47 Å². The molecule has 1 saturated heterocycles. The topological polar surface area (TPSA) is 59.0 Å². The second kappa shape index (κ2) is 10.8. The molecule has 1 atom stereocenters. The molecular weight excluding hydrogens is 532 g/mol. The number of aryl methyl sites for hydroxylation is 2. The van der Waals surface area contributed by atoms with Crippen LogP contribution in [0.4, 0.5) is 8.78 Å². The number of phenols is 1. The second-order valence-electron chi connectivity index (χ2n) is 10.9. The quantitative estimate of drug-likeness (QED) is 0.211. The van der Waals surface area contributed by atoms with Gasteiger partial charge in [-0.15, -0.1) is 11.3 Å². The Morgan fingerprint density at radius 3 is 2.42 bits per heavy atom. The molecule has 1 saturated carbocycles. The van der Waals surface area contributed by atoms with Crippen LogP contribution in [0.15, 0.2) is 48.5 Å². The van der Waals surface area contributed by atoms with E-state index in [0.29, 0.717) is 27.8 Å². The Bertz CT molecular complexity index is 1560. The summed E-state index contributed by atoms with van der Waals surface area (Å²) < 4.78 is 41.4. The first kappa shape index (κ1) is 26.7. The van der Waals surface area contributed by atoms with Gasteiger partial charge in [0.2, 0.25) is 5.78 Å². The predicted octanol–water partition coefficient (Wildman–Crippen LogP) is 7.78. The van der Waals surface area contributed by atoms with Gasteiger partial charge in [-0.2, -0.15) is 0 Å². The monoisotopic (exact) mass is 563 g/mol. The van der Waals surface area contributed by atoms with E-state index < -0.39 is 23.2 Å². The molecule has 2 aliphatic rings. The van der Waals surface area contributed by atoms with Gasteiger partial charge in [0.1, 0.15) is 28.3 Å². The van der Waals surface area contributed by atoms with E-state index >= 15 is 0 Å². The zero-order valence-corrected chi connectivity index (χ0v) is 23.3. The third-order valence-corrected chi connectivity index (χ3v) is 8.97. The molecule has 2 heterocycles. The van der Waals surface area contributed by atoms with Crippen LogP contribution in [-0.4, -0.2) is 41.5 Å². The van der Waals surface area contributed by atoms with Crippen LogP contribution >= 0.6 is 11.3 Å². The highest BCUT2D eigenvalue weighted by molar-refractivity contribution is 7.21. The average molecular weight is 564 g/mol. The number of likely N-dealkylation sites (tertiary alicyclic amines) is 1. The Hall–Kier alpha value is -3.49. The Balaban J connectivity index is 1.24. The lowest BCUT2D eigenvalue weighted by Gasteiger charge is -2.17. The smallest absolute Gasteiger partial charge is 0.207 e. The highest BCUT2D eigenvalue weighted by Gasteiger charge is 2.28. The maximum Gasteiger partial charge on any atom is 0.207 e. The van der Waals surface area contributed by atoms with Crippen LogP contribution in [0.1, 0.15) is 52.0 Å². The van der Waals surface area contributed by atoms with Gasteiger partial charge in [0, 0.05) is 24.0 Å². The van der Waals surface area contributed by atoms with E-state index in [2.05, 4.69) is 4.90 Å². The van der Waals surface area contributed by atoms with Gasteiger partial charge < -0.3 is 14.6 Å². The van der Waals surface area contributed by atoms with Crippen molar-refractivity contribution >= 4 is 27.2 Å². The molecule has 8 heteroatoms. The van der Waals surface area contributed by atoms with Crippen LogP contribution in [-0.2, 0) is 0 Å². The van der Waals surface area contributed by atoms with Crippen molar-refractivity contribution in [1.29, 1.82) is 0 Å². The molecule has 5 nitrogen and oxygen atoms in total. The van der Waals surface area contributed by atoms with Crippen molar-refractivity contribution in [3.05, 3.63) is 81.7 Å². The predicted molar refractivity (Wildman–Crippen MR) is 152 cm³/mol. The molecule has 40 heavy (non-hydrogen) atoms. The van der Waals surface area contributed by atoms with E-state index in [9.17, 15) is 18.7 Å². The number of thiophene rings is 1. The minimum absolute atomic E-state index is 0.114. The number of phenolic OH excluding ortho intramolecular Hbond substituents is 1. The zero-order chi connectivity index (χ0) is 28.0. The fourth-order valence-corrected chi connectivity index (χ4v) is 6.60. The van der Waals surface area contributed by atoms with Gasteiger partial charge in [-0.1, -0.05) is 12.8 Å². The number of ketones is 1. The summed E-state index contributed by atoms with van der Waals surface area (Å²) in [5, 5.41) is 10.3. The summed E-state index contributed by atoms with van der Waals surface area (Å²) in [5.74, 6) is 0.176. The minimum atomic E-state index is -0.814. The van der Waals surface area contributed by atoms with Crippen LogP contribution < -0.4 is 9.47 Å². The molecule has 1 aliphatic carbocycles. The number of aromatic hydroxyl groups is 1. The molecule has 0 amide bonds. The first-order valence-corrected chi connectivity index (χ1v) is 14.5. The van der Waals surface area contributed by atoms with Crippen LogP contribution in [0, 0.1) is 31.4 Å². The van der Waals surface area contributed by atoms with Crippen molar-refractivity contribution in [1.82, 2.24) is 4.90 Å². The van der Waals surface area contributed by atoms with E-state index in [1.807, 2.05) is 12.1 Å². The summed E-state index contributed by atoms with van der Waals surface area (Å²) in [6.45, 7) is 6.46. The number of ether oxygens (including phenoxy) is 2. The average Bonchev–Trinajstić information content (AvgIpc) is 3.53. The number of fused-ring (bicyclic) bond motifs is 1. The molecule has 0 bridgehead atoms. The Morgan fingerprint density at radius 1 is 1.02 bits per heavy atom. The van der Waals surface area contributed by atoms with Crippen LogP contribution in [0.5, 0.6) is 23.0 Å². The van der Waals surface area contributed by atoms with Crippen LogP contribution in [0.3, 0.4) is 0 Å². The summed E-state index contributed by atoms with van der Waals surface area (Å²) in [7, 11) is 0. The standard InChI is InChI=1S/C32H31F2NO4S/c1-18-15-21(33)16-19(2)27(18)29(37)32-30(25-9-10-26(36)28(34)31(25)40-32)39-23-7-5-22(6-8-23)38-24-12-14-35(17-24)13-11-20-3-4-20/h5-10,15-16,20,24,36H,3-4,11-14,17H2,1-2H3/t24-/m0/s1. The Labute approximate surface area is 236 Å². The molecular formula is C32H31F2NO4S. The fourth-order valence-electron chi connectivity index (χ4n) is 5.49. The van der Waals surface area contributed by atoms with Gasteiger partial charge in [-0.25, -0.2) is 8.78 Å². The van der Waals surface area contributed by atoms with E-state index in [-0.39, 0.29) is 21.4 Å². The van der Waals surface area contributed by atoms with Gasteiger partial charge in [0.25, 0.3) is 0 Å². The highest BCUT2D eigenvalue weighted by Crippen LogP contribution is 2.45. The number of nitrogens with zero attached hydrogens (tertiary/aromatic N) is 1. The van der Waals surface area contributed by atoms with Crippen molar-refractivity contribution in [3.63, 3.8) is 0 Å². The highest BCUT2D eigenvalue weighted by atomic mass is 32.1. The summed E-state index contributed by atoms with van der Waals surface area (Å²) in [4.78, 5) is 16.4.